The second-order valence-electron chi connectivity index (χ2n) is 6.49. The molecular formula is C21H16Cl2N2O5S2. The van der Waals surface area contributed by atoms with E-state index in [1.165, 1.54) is 4.90 Å². The third kappa shape index (κ3) is 6.23. The normalized spacial score (nSPS) is 14.7. The summed E-state index contributed by atoms with van der Waals surface area (Å²) in [6.07, 6.45) is 1.45. The first-order chi connectivity index (χ1) is 15.2. The van der Waals surface area contributed by atoms with E-state index in [-0.39, 0.29) is 30.5 Å². The monoisotopic (exact) mass is 510 g/mol. The van der Waals surface area contributed by atoms with E-state index >= 15 is 0 Å². The summed E-state index contributed by atoms with van der Waals surface area (Å²) in [5, 5.41) is 12.0. The van der Waals surface area contributed by atoms with Gasteiger partial charge in [0.05, 0.1) is 27.1 Å². The zero-order valence-corrected chi connectivity index (χ0v) is 19.5. The second kappa shape index (κ2) is 10.8. The van der Waals surface area contributed by atoms with Crippen LogP contribution in [0.15, 0.2) is 47.4 Å². The maximum absolute atomic E-state index is 12.5. The number of benzene rings is 2. The van der Waals surface area contributed by atoms with Crippen LogP contribution in [0.5, 0.6) is 5.75 Å². The Morgan fingerprint density at radius 3 is 2.72 bits per heavy atom. The van der Waals surface area contributed by atoms with Gasteiger partial charge in [0.1, 0.15) is 10.1 Å². The topological polar surface area (TPSA) is 95.9 Å². The van der Waals surface area contributed by atoms with Gasteiger partial charge >= 0.3 is 5.97 Å². The number of thioether (sulfide) groups is 1. The molecule has 2 N–H and O–H groups in total. The van der Waals surface area contributed by atoms with Crippen LogP contribution in [0.1, 0.15) is 12.0 Å². The highest BCUT2D eigenvalue weighted by Gasteiger charge is 2.32. The molecular weight excluding hydrogens is 495 g/mol. The molecule has 32 heavy (non-hydrogen) atoms. The third-order valence-electron chi connectivity index (χ3n) is 4.17. The number of carboxylic acids is 1. The Kier molecular flexibility index (Phi) is 8.14. The third-order valence-corrected chi connectivity index (χ3v) is 6.37. The fourth-order valence-corrected chi connectivity index (χ4v) is 4.34. The van der Waals surface area contributed by atoms with E-state index < -0.39 is 11.9 Å². The molecule has 2 aromatic rings. The maximum atomic E-state index is 12.5. The second-order valence-corrected chi connectivity index (χ2v) is 8.95. The number of anilines is 1. The lowest BCUT2D eigenvalue weighted by Crippen LogP contribution is -2.30. The quantitative estimate of drug-likeness (QED) is 0.392. The Hall–Kier alpha value is -2.59. The first-order valence-corrected chi connectivity index (χ1v) is 11.2. The average Bonchev–Trinajstić information content (AvgIpc) is 3.01. The highest BCUT2D eigenvalue weighted by molar-refractivity contribution is 8.26. The van der Waals surface area contributed by atoms with Gasteiger partial charge in [-0.1, -0.05) is 65.4 Å². The van der Waals surface area contributed by atoms with Crippen LogP contribution >= 0.6 is 47.2 Å². The van der Waals surface area contributed by atoms with Gasteiger partial charge in [-0.05, 0) is 35.9 Å². The molecule has 1 fully saturated rings. The fraction of sp³-hybridized carbons (Fsp3) is 0.143. The molecule has 0 aromatic heterocycles. The first kappa shape index (κ1) is 24.1. The molecule has 0 aliphatic carbocycles. The maximum Gasteiger partial charge on any atom is 0.305 e. The van der Waals surface area contributed by atoms with E-state index in [0.717, 1.165) is 11.8 Å². The number of amides is 2. The highest BCUT2D eigenvalue weighted by atomic mass is 35.5. The Balaban J connectivity index is 1.62. The van der Waals surface area contributed by atoms with Crippen LogP contribution in [-0.4, -0.2) is 45.3 Å². The summed E-state index contributed by atoms with van der Waals surface area (Å²) in [6, 6.07) is 11.7. The number of nitrogens with zero attached hydrogens (tertiary/aromatic N) is 1. The van der Waals surface area contributed by atoms with Crippen molar-refractivity contribution in [1.82, 2.24) is 4.90 Å². The van der Waals surface area contributed by atoms with Gasteiger partial charge in [-0.2, -0.15) is 0 Å². The standard InChI is InChI=1S/C21H16Cl2N2O5S2/c22-14-5-2-6-15(19(14)23)24-17(26)11-30-13-4-1-3-12(9-13)10-16-20(29)25(21(31)32-16)8-7-18(27)28/h1-6,9-10H,7-8,11H2,(H,24,26)(H,27,28)/b16-10-. The zero-order chi connectivity index (χ0) is 23.3. The lowest BCUT2D eigenvalue weighted by molar-refractivity contribution is -0.137. The van der Waals surface area contributed by atoms with Crippen LogP contribution in [0.2, 0.25) is 10.0 Å². The number of rotatable bonds is 8. The Morgan fingerprint density at radius 1 is 1.22 bits per heavy atom. The van der Waals surface area contributed by atoms with E-state index in [1.54, 1.807) is 48.5 Å². The minimum absolute atomic E-state index is 0.0201. The van der Waals surface area contributed by atoms with Crippen LogP contribution in [0.4, 0.5) is 5.69 Å². The number of ether oxygens (including phenoxy) is 1. The molecule has 0 bridgehead atoms. The zero-order valence-electron chi connectivity index (χ0n) is 16.3. The smallest absolute Gasteiger partial charge is 0.305 e. The van der Waals surface area contributed by atoms with Crippen molar-refractivity contribution in [3.8, 4) is 5.75 Å². The highest BCUT2D eigenvalue weighted by Crippen LogP contribution is 2.33. The number of aliphatic carboxylic acids is 1. The number of thiocarbonyl (C=S) groups is 1. The minimum Gasteiger partial charge on any atom is -0.484 e. The van der Waals surface area contributed by atoms with Crippen LogP contribution < -0.4 is 10.1 Å². The van der Waals surface area contributed by atoms with Crippen LogP contribution in [0.25, 0.3) is 6.08 Å². The number of hydrogen-bond acceptors (Lipinski definition) is 6. The summed E-state index contributed by atoms with van der Waals surface area (Å²) in [5.41, 5.74) is 1.05. The number of carbonyl (C=O) groups is 3. The molecule has 7 nitrogen and oxygen atoms in total. The SMILES string of the molecule is O=C(O)CCN1C(=O)/C(=C/c2cccc(OCC(=O)Nc3cccc(Cl)c3Cl)c2)SC1=S. The Morgan fingerprint density at radius 2 is 1.97 bits per heavy atom. The summed E-state index contributed by atoms with van der Waals surface area (Å²) in [7, 11) is 0. The van der Waals surface area contributed by atoms with Gasteiger partial charge < -0.3 is 15.2 Å². The van der Waals surface area contributed by atoms with Gasteiger partial charge in [0.15, 0.2) is 6.61 Å². The predicted molar refractivity (Wildman–Crippen MR) is 129 cm³/mol. The molecule has 3 rings (SSSR count). The van der Waals surface area contributed by atoms with E-state index in [0.29, 0.717) is 31.2 Å². The van der Waals surface area contributed by atoms with E-state index in [1.807, 2.05) is 0 Å². The summed E-state index contributed by atoms with van der Waals surface area (Å²) < 4.78 is 5.85. The van der Waals surface area contributed by atoms with Crippen molar-refractivity contribution in [2.24, 2.45) is 0 Å². The van der Waals surface area contributed by atoms with E-state index in [2.05, 4.69) is 5.32 Å². The summed E-state index contributed by atoms with van der Waals surface area (Å²) in [4.78, 5) is 37.1. The molecule has 1 saturated heterocycles. The van der Waals surface area contributed by atoms with Crippen molar-refractivity contribution >= 4 is 81.0 Å². The largest absolute Gasteiger partial charge is 0.484 e. The van der Waals surface area contributed by atoms with Gasteiger partial charge in [0.25, 0.3) is 11.8 Å². The summed E-state index contributed by atoms with van der Waals surface area (Å²) in [5.74, 6) is -1.34. The first-order valence-electron chi connectivity index (χ1n) is 9.18. The van der Waals surface area contributed by atoms with Gasteiger partial charge in [-0.3, -0.25) is 19.3 Å². The molecule has 166 valence electrons. The minimum atomic E-state index is -1.01. The molecule has 0 radical (unpaired) electrons. The Labute approximate surface area is 203 Å². The molecule has 0 spiro atoms. The molecule has 0 unspecified atom stereocenters. The van der Waals surface area contributed by atoms with Crippen molar-refractivity contribution in [1.29, 1.82) is 0 Å². The molecule has 1 aliphatic heterocycles. The Bertz CT molecular complexity index is 1120. The molecule has 2 amide bonds. The summed E-state index contributed by atoms with van der Waals surface area (Å²) in [6.45, 7) is -0.240. The van der Waals surface area contributed by atoms with Crippen molar-refractivity contribution in [3.63, 3.8) is 0 Å². The molecule has 2 aromatic carbocycles. The van der Waals surface area contributed by atoms with Crippen LogP contribution in [-0.2, 0) is 14.4 Å². The number of hydrogen-bond donors (Lipinski definition) is 2. The molecule has 1 aliphatic rings. The molecule has 1 heterocycles. The van der Waals surface area contributed by atoms with Crippen molar-refractivity contribution < 1.29 is 24.2 Å². The lowest BCUT2D eigenvalue weighted by atomic mass is 10.2. The van der Waals surface area contributed by atoms with E-state index in [4.69, 9.17) is 45.3 Å². The van der Waals surface area contributed by atoms with Crippen molar-refractivity contribution in [2.45, 2.75) is 6.42 Å². The molecule has 0 saturated carbocycles. The van der Waals surface area contributed by atoms with Gasteiger partial charge in [0, 0.05) is 6.54 Å². The van der Waals surface area contributed by atoms with E-state index in [9.17, 15) is 14.4 Å². The molecule has 0 atom stereocenters. The van der Waals surface area contributed by atoms with Gasteiger partial charge in [-0.25, -0.2) is 0 Å². The number of carboxylic acid groups (broad SMARTS) is 1. The van der Waals surface area contributed by atoms with Gasteiger partial charge in [0.2, 0.25) is 0 Å². The van der Waals surface area contributed by atoms with Crippen molar-refractivity contribution in [3.05, 3.63) is 63.0 Å². The number of nitrogens with one attached hydrogen (secondary N) is 1. The van der Waals surface area contributed by atoms with Crippen molar-refractivity contribution in [2.75, 3.05) is 18.5 Å². The fourth-order valence-electron chi connectivity index (χ4n) is 2.68. The number of carbonyl (C=O) groups excluding carboxylic acids is 2. The number of halogens is 2. The predicted octanol–water partition coefficient (Wildman–Crippen LogP) is 4.69. The lowest BCUT2D eigenvalue weighted by Gasteiger charge is -2.12. The van der Waals surface area contributed by atoms with Gasteiger partial charge in [-0.15, -0.1) is 0 Å². The van der Waals surface area contributed by atoms with Crippen LogP contribution in [0, 0.1) is 0 Å². The summed E-state index contributed by atoms with van der Waals surface area (Å²) >= 11 is 18.3. The van der Waals surface area contributed by atoms with Crippen LogP contribution in [0.3, 0.4) is 0 Å². The molecule has 11 heteroatoms. The average molecular weight is 511 g/mol.